The van der Waals surface area contributed by atoms with Crippen LogP contribution in [0.5, 0.6) is 0 Å². The minimum atomic E-state index is -5.64. The van der Waals surface area contributed by atoms with Crippen LogP contribution in [0.25, 0.3) is 27.8 Å². The number of H-pyrrole nitrogens is 1. The molecule has 4 heterocycles. The summed E-state index contributed by atoms with van der Waals surface area (Å²) < 4.78 is 77.4. The highest BCUT2D eigenvalue weighted by atomic mass is 31.2. The van der Waals surface area contributed by atoms with Crippen molar-refractivity contribution in [2.45, 2.75) is 93.0 Å². The Labute approximate surface area is 305 Å². The average Bonchev–Trinajstić information content (AvgIpc) is 3.70. The molecule has 0 fully saturated rings. The first-order valence-corrected chi connectivity index (χ1v) is 19.0. The lowest BCUT2D eigenvalue weighted by Crippen LogP contribution is -2.53. The Morgan fingerprint density at radius 1 is 0.962 bits per heavy atom. The Morgan fingerprint density at radius 3 is 2.09 bits per heavy atom. The maximum atomic E-state index is 17.5. The molecule has 15 heteroatoms. The summed E-state index contributed by atoms with van der Waals surface area (Å²) in [7, 11) is -5.64. The molecule has 53 heavy (non-hydrogen) atoms. The maximum Gasteiger partial charge on any atom is 0.419 e. The lowest BCUT2D eigenvalue weighted by Gasteiger charge is -2.56. The summed E-state index contributed by atoms with van der Waals surface area (Å²) in [5.41, 5.74) is 0.329. The van der Waals surface area contributed by atoms with Crippen LogP contribution in [0.4, 0.5) is 23.5 Å². The third kappa shape index (κ3) is 6.68. The molecule has 2 aromatic carbocycles. The standard InChI is InChI=1S/C38H45F4N6O4P/c1-9-22-12-11-13-23(10-2)32(22)48-33(26-21-47(17-15-29(26)46-48)34-44-19-24(20-45-34)38(40,41)42)30-25-14-16-43-31(25)27(18-28(30)39)37(35(3,4)5,36(6,7)8)52-53(49,50)51/h11-14,16,18-20,43H,9-10,15,17,21H2,1-8H3,(H2,49,50,51)/p-2. The molecule has 0 atom stereocenters. The molecular weight excluding hydrogens is 711 g/mol. The summed E-state index contributed by atoms with van der Waals surface area (Å²) in [4.78, 5) is 38.0. The summed E-state index contributed by atoms with van der Waals surface area (Å²) in [6.07, 6.45) is 0.194. The van der Waals surface area contributed by atoms with Crippen LogP contribution in [0.3, 0.4) is 0 Å². The van der Waals surface area contributed by atoms with Gasteiger partial charge in [-0.05, 0) is 46.9 Å². The van der Waals surface area contributed by atoms with Crippen molar-refractivity contribution in [3.05, 3.63) is 88.3 Å². The third-order valence-corrected chi connectivity index (χ3v) is 10.7. The molecule has 0 amide bonds. The number of hydrogen-bond acceptors (Lipinski definition) is 8. The number of hydrogen-bond donors (Lipinski definition) is 1. The number of para-hydroxylation sites is 1. The number of aromatic nitrogens is 5. The van der Waals surface area contributed by atoms with E-state index in [1.807, 2.05) is 32.0 Å². The van der Waals surface area contributed by atoms with Gasteiger partial charge in [-0.3, -0.25) is 0 Å². The van der Waals surface area contributed by atoms with E-state index in [1.165, 1.54) is 6.07 Å². The molecule has 0 saturated carbocycles. The highest BCUT2D eigenvalue weighted by Crippen LogP contribution is 2.60. The summed E-state index contributed by atoms with van der Waals surface area (Å²) in [6, 6.07) is 8.90. The van der Waals surface area contributed by atoms with Crippen LogP contribution < -0.4 is 14.7 Å². The molecule has 3 aromatic heterocycles. The van der Waals surface area contributed by atoms with Gasteiger partial charge in [-0.25, -0.2) is 19.0 Å². The number of alkyl halides is 3. The van der Waals surface area contributed by atoms with Gasteiger partial charge in [-0.15, -0.1) is 0 Å². The minimum absolute atomic E-state index is 0.0881. The van der Waals surface area contributed by atoms with E-state index >= 15 is 4.39 Å². The average molecular weight is 755 g/mol. The smallest absolute Gasteiger partial charge is 0.419 e. The summed E-state index contributed by atoms with van der Waals surface area (Å²) >= 11 is 0. The van der Waals surface area contributed by atoms with E-state index in [2.05, 4.69) is 15.0 Å². The van der Waals surface area contributed by atoms with E-state index in [1.54, 1.807) is 63.4 Å². The van der Waals surface area contributed by atoms with E-state index in [9.17, 15) is 27.5 Å². The first kappa shape index (κ1) is 38.6. The van der Waals surface area contributed by atoms with Gasteiger partial charge in [0.15, 0.2) is 0 Å². The molecule has 0 radical (unpaired) electrons. The van der Waals surface area contributed by atoms with Gasteiger partial charge >= 0.3 is 6.18 Å². The molecule has 284 valence electrons. The van der Waals surface area contributed by atoms with Crippen molar-refractivity contribution in [3.8, 4) is 16.9 Å². The van der Waals surface area contributed by atoms with Gasteiger partial charge in [0.25, 0.3) is 0 Å². The minimum Gasteiger partial charge on any atom is -0.790 e. The number of phosphoric acid groups is 1. The van der Waals surface area contributed by atoms with Gasteiger partial charge < -0.3 is 28.8 Å². The summed E-state index contributed by atoms with van der Waals surface area (Å²) in [5, 5.41) is 5.49. The van der Waals surface area contributed by atoms with Crippen molar-refractivity contribution in [2.24, 2.45) is 10.8 Å². The highest BCUT2D eigenvalue weighted by molar-refractivity contribution is 7.43. The van der Waals surface area contributed by atoms with E-state index in [-0.39, 0.29) is 23.6 Å². The fourth-order valence-electron chi connectivity index (χ4n) is 8.22. The largest absolute Gasteiger partial charge is 0.790 e. The number of rotatable bonds is 8. The first-order valence-electron chi connectivity index (χ1n) is 17.5. The number of nitrogens with one attached hydrogen (secondary N) is 1. The van der Waals surface area contributed by atoms with Crippen molar-refractivity contribution in [1.82, 2.24) is 24.7 Å². The molecule has 0 saturated heterocycles. The Kier molecular flexibility index (Phi) is 9.71. The van der Waals surface area contributed by atoms with Crippen LogP contribution in [0.15, 0.2) is 48.9 Å². The SMILES string of the molecule is CCc1cccc(CC)c1-n1nc2c(c1-c1c(F)cc(C(OP(=O)([O-])[O-])(C(C)(C)C)C(C)(C)C)c3[nH]ccc13)CN(c1ncc(C(F)(F)F)cn1)CC2. The molecular formula is C38H43F4N6O4P-2. The van der Waals surface area contributed by atoms with Crippen LogP contribution >= 0.6 is 7.82 Å². The van der Waals surface area contributed by atoms with E-state index in [0.29, 0.717) is 53.7 Å². The number of phosphoric ester groups is 1. The molecule has 1 aliphatic heterocycles. The number of aryl methyl sites for hydroxylation is 2. The zero-order valence-electron chi connectivity index (χ0n) is 31.0. The number of fused-ring (bicyclic) bond motifs is 2. The van der Waals surface area contributed by atoms with E-state index < -0.39 is 41.8 Å². The summed E-state index contributed by atoms with van der Waals surface area (Å²) in [5.74, 6) is -0.621. The van der Waals surface area contributed by atoms with Gasteiger partial charge in [-0.1, -0.05) is 73.6 Å². The third-order valence-electron chi connectivity index (χ3n) is 10.2. The van der Waals surface area contributed by atoms with Crippen LogP contribution in [0.1, 0.15) is 88.9 Å². The lowest BCUT2D eigenvalue weighted by atomic mass is 9.59. The number of anilines is 1. The zero-order valence-corrected chi connectivity index (χ0v) is 31.9. The van der Waals surface area contributed by atoms with E-state index in [0.717, 1.165) is 29.2 Å². The van der Waals surface area contributed by atoms with Crippen LogP contribution in [0, 0.1) is 16.6 Å². The number of nitrogens with zero attached hydrogens (tertiary/aromatic N) is 5. The molecule has 1 N–H and O–H groups in total. The molecule has 1 aliphatic rings. The van der Waals surface area contributed by atoms with Crippen molar-refractivity contribution in [2.75, 3.05) is 11.4 Å². The van der Waals surface area contributed by atoms with Crippen molar-refractivity contribution in [1.29, 1.82) is 0 Å². The number of halogens is 4. The monoisotopic (exact) mass is 754 g/mol. The molecule has 0 bridgehead atoms. The Bertz CT molecular complexity index is 2170. The Balaban J connectivity index is 1.66. The normalized spacial score (nSPS) is 14.6. The Hall–Kier alpha value is -4.10. The highest BCUT2D eigenvalue weighted by Gasteiger charge is 2.55. The second kappa shape index (κ2) is 13.3. The number of benzene rings is 2. The molecule has 0 aliphatic carbocycles. The Morgan fingerprint density at radius 2 is 1.57 bits per heavy atom. The number of aromatic amines is 1. The van der Waals surface area contributed by atoms with Gasteiger partial charge in [0.1, 0.15) is 11.4 Å². The van der Waals surface area contributed by atoms with Gasteiger partial charge in [0.2, 0.25) is 5.95 Å². The maximum absolute atomic E-state index is 17.5. The van der Waals surface area contributed by atoms with E-state index in [4.69, 9.17) is 9.62 Å². The predicted molar refractivity (Wildman–Crippen MR) is 191 cm³/mol. The topological polar surface area (TPSA) is 135 Å². The molecule has 6 rings (SSSR count). The molecule has 0 spiro atoms. The van der Waals surface area contributed by atoms with Crippen molar-refractivity contribution in [3.63, 3.8) is 0 Å². The second-order valence-corrected chi connectivity index (χ2v) is 16.6. The fraction of sp³-hybridized carbons (Fsp3) is 0.447. The van der Waals surface area contributed by atoms with Gasteiger partial charge in [0.05, 0.1) is 36.0 Å². The summed E-state index contributed by atoms with van der Waals surface area (Å²) in [6.45, 7) is 15.0. The fourth-order valence-corrected chi connectivity index (χ4v) is 9.20. The quantitative estimate of drug-likeness (QED) is 0.125. The van der Waals surface area contributed by atoms with Crippen LogP contribution in [0.2, 0.25) is 0 Å². The van der Waals surface area contributed by atoms with Crippen LogP contribution in [-0.4, -0.2) is 31.3 Å². The lowest BCUT2D eigenvalue weighted by molar-refractivity contribution is -0.360. The van der Waals surface area contributed by atoms with Crippen LogP contribution in [-0.2, 0) is 46.7 Å². The molecule has 5 aromatic rings. The first-order chi connectivity index (χ1) is 24.6. The zero-order chi connectivity index (χ0) is 38.9. The predicted octanol–water partition coefficient (Wildman–Crippen LogP) is 7.79. The van der Waals surface area contributed by atoms with Gasteiger partial charge in [-0.2, -0.15) is 18.3 Å². The second-order valence-electron chi connectivity index (χ2n) is 15.5. The molecule has 10 nitrogen and oxygen atoms in total. The van der Waals surface area contributed by atoms with Crippen molar-refractivity contribution >= 4 is 24.7 Å². The van der Waals surface area contributed by atoms with Gasteiger partial charge in [0, 0.05) is 60.2 Å². The molecule has 0 unspecified atom stereocenters. The van der Waals surface area contributed by atoms with Crippen molar-refractivity contribution < 1.29 is 36.4 Å².